The zero-order chi connectivity index (χ0) is 18.2. The lowest BCUT2D eigenvalue weighted by Gasteiger charge is -2.21. The molecule has 0 aliphatic heterocycles. The largest absolute Gasteiger partial charge is 0.337 e. The van der Waals surface area contributed by atoms with Gasteiger partial charge in [-0.1, -0.05) is 19.9 Å². The van der Waals surface area contributed by atoms with E-state index in [2.05, 4.69) is 10.3 Å². The molecule has 0 spiro atoms. The molecule has 1 N–H and O–H groups in total. The number of aromatic nitrogens is 1. The van der Waals surface area contributed by atoms with Crippen molar-refractivity contribution in [3.8, 4) is 0 Å². The van der Waals surface area contributed by atoms with Gasteiger partial charge in [0.15, 0.2) is 0 Å². The minimum absolute atomic E-state index is 0.142. The third kappa shape index (κ3) is 5.11. The summed E-state index contributed by atoms with van der Waals surface area (Å²) in [6.07, 6.45) is 1.72. The molecule has 2 amide bonds. The summed E-state index contributed by atoms with van der Waals surface area (Å²) in [7, 11) is 0. The summed E-state index contributed by atoms with van der Waals surface area (Å²) in [6, 6.07) is 10.2. The van der Waals surface area contributed by atoms with Crippen LogP contribution < -0.4 is 5.32 Å². The van der Waals surface area contributed by atoms with E-state index in [4.69, 9.17) is 0 Å². The van der Waals surface area contributed by atoms with Crippen LogP contribution in [0.2, 0.25) is 0 Å². The molecule has 1 heterocycles. The van der Waals surface area contributed by atoms with Crippen molar-refractivity contribution < 1.29 is 14.0 Å². The Kier molecular flexibility index (Phi) is 6.62. The number of hydrogen-bond donors (Lipinski definition) is 1. The highest BCUT2D eigenvalue weighted by molar-refractivity contribution is 6.03. The summed E-state index contributed by atoms with van der Waals surface area (Å²) in [5.74, 6) is -1.01. The molecule has 0 aliphatic rings. The molecule has 0 atom stereocenters. The van der Waals surface area contributed by atoms with Gasteiger partial charge in [0.2, 0.25) is 0 Å². The first-order valence-electron chi connectivity index (χ1n) is 8.38. The quantitative estimate of drug-likeness (QED) is 0.833. The lowest BCUT2D eigenvalue weighted by molar-refractivity contribution is 0.0749. The van der Waals surface area contributed by atoms with Crippen LogP contribution in [0.3, 0.4) is 0 Å². The first kappa shape index (κ1) is 18.6. The third-order valence-electron chi connectivity index (χ3n) is 3.58. The van der Waals surface area contributed by atoms with E-state index in [1.54, 1.807) is 23.1 Å². The number of hydrogen-bond acceptors (Lipinski definition) is 3. The molecule has 0 saturated carbocycles. The second-order valence-corrected chi connectivity index (χ2v) is 5.66. The first-order chi connectivity index (χ1) is 12.0. The molecule has 25 heavy (non-hydrogen) atoms. The summed E-state index contributed by atoms with van der Waals surface area (Å²) >= 11 is 0. The second kappa shape index (κ2) is 8.92. The van der Waals surface area contributed by atoms with Gasteiger partial charge in [-0.25, -0.2) is 9.37 Å². The molecule has 5 nitrogen and oxygen atoms in total. The molecular formula is C19H22FN3O2. The molecular weight excluding hydrogens is 321 g/mol. The lowest BCUT2D eigenvalue weighted by Crippen LogP contribution is -2.33. The van der Waals surface area contributed by atoms with E-state index < -0.39 is 5.91 Å². The number of nitrogens with zero attached hydrogens (tertiary/aromatic N) is 2. The van der Waals surface area contributed by atoms with Crippen molar-refractivity contribution in [2.45, 2.75) is 26.7 Å². The number of anilines is 1. The normalized spacial score (nSPS) is 10.4. The topological polar surface area (TPSA) is 62.3 Å². The van der Waals surface area contributed by atoms with Crippen LogP contribution in [0, 0.1) is 5.82 Å². The Balaban J connectivity index is 2.15. The second-order valence-electron chi connectivity index (χ2n) is 5.66. The van der Waals surface area contributed by atoms with Crippen molar-refractivity contribution in [3.63, 3.8) is 0 Å². The lowest BCUT2D eigenvalue weighted by atomic mass is 10.2. The number of carbonyl (C=O) groups excluding carboxylic acids is 2. The highest BCUT2D eigenvalue weighted by Crippen LogP contribution is 2.11. The number of halogens is 1. The molecule has 2 aromatic rings. The van der Waals surface area contributed by atoms with Gasteiger partial charge < -0.3 is 10.2 Å². The summed E-state index contributed by atoms with van der Waals surface area (Å²) in [5, 5.41) is 2.64. The highest BCUT2D eigenvalue weighted by atomic mass is 19.1. The Morgan fingerprint density at radius 2 is 1.60 bits per heavy atom. The molecule has 0 radical (unpaired) electrons. The van der Waals surface area contributed by atoms with Crippen LogP contribution in [0.15, 0.2) is 42.5 Å². The van der Waals surface area contributed by atoms with E-state index in [0.717, 1.165) is 12.8 Å². The van der Waals surface area contributed by atoms with Gasteiger partial charge in [-0.05, 0) is 49.2 Å². The zero-order valence-corrected chi connectivity index (χ0v) is 14.5. The zero-order valence-electron chi connectivity index (χ0n) is 14.5. The third-order valence-corrected chi connectivity index (χ3v) is 3.58. The van der Waals surface area contributed by atoms with Gasteiger partial charge in [0.1, 0.15) is 17.2 Å². The Morgan fingerprint density at radius 1 is 1.00 bits per heavy atom. The van der Waals surface area contributed by atoms with E-state index in [-0.39, 0.29) is 23.1 Å². The fourth-order valence-electron chi connectivity index (χ4n) is 2.43. The van der Waals surface area contributed by atoms with Crippen LogP contribution in [-0.4, -0.2) is 34.8 Å². The fraction of sp³-hybridized carbons (Fsp3) is 0.316. The molecule has 6 heteroatoms. The maximum absolute atomic E-state index is 12.9. The van der Waals surface area contributed by atoms with Crippen molar-refractivity contribution in [3.05, 3.63) is 59.7 Å². The number of nitrogens with one attached hydrogen (secondary N) is 1. The summed E-state index contributed by atoms with van der Waals surface area (Å²) < 4.78 is 12.9. The predicted molar refractivity (Wildman–Crippen MR) is 95.1 cm³/mol. The molecule has 0 saturated heterocycles. The summed E-state index contributed by atoms with van der Waals surface area (Å²) in [4.78, 5) is 30.8. The van der Waals surface area contributed by atoms with Gasteiger partial charge in [0, 0.05) is 18.8 Å². The van der Waals surface area contributed by atoms with E-state index in [1.807, 2.05) is 13.8 Å². The van der Waals surface area contributed by atoms with Crippen LogP contribution in [0.25, 0.3) is 0 Å². The Hall–Kier alpha value is -2.76. The van der Waals surface area contributed by atoms with Gasteiger partial charge in [-0.3, -0.25) is 9.59 Å². The number of amides is 2. The average Bonchev–Trinajstić information content (AvgIpc) is 2.63. The van der Waals surface area contributed by atoms with Gasteiger partial charge in [0.25, 0.3) is 11.8 Å². The standard InChI is InChI=1S/C19H22FN3O2/c1-3-12-23(13-4-2)19(25)17-7-5-6-16(22-17)18(24)21-15-10-8-14(20)9-11-15/h5-11H,3-4,12-13H2,1-2H3,(H,21,24). The van der Waals surface area contributed by atoms with E-state index in [1.165, 1.54) is 24.3 Å². The number of pyridine rings is 1. The maximum Gasteiger partial charge on any atom is 0.274 e. The summed E-state index contributed by atoms with van der Waals surface area (Å²) in [6.45, 7) is 5.33. The maximum atomic E-state index is 12.9. The van der Waals surface area contributed by atoms with Crippen molar-refractivity contribution in [1.82, 2.24) is 9.88 Å². The Bertz CT molecular complexity index is 726. The van der Waals surface area contributed by atoms with Crippen molar-refractivity contribution in [2.24, 2.45) is 0 Å². The van der Waals surface area contributed by atoms with Crippen LogP contribution in [0.5, 0.6) is 0 Å². The highest BCUT2D eigenvalue weighted by Gasteiger charge is 2.17. The number of carbonyl (C=O) groups is 2. The Labute approximate surface area is 146 Å². The minimum Gasteiger partial charge on any atom is -0.337 e. The van der Waals surface area contributed by atoms with Gasteiger partial charge in [0.05, 0.1) is 0 Å². The molecule has 2 rings (SSSR count). The molecule has 132 valence electrons. The smallest absolute Gasteiger partial charge is 0.274 e. The van der Waals surface area contributed by atoms with Gasteiger partial charge in [-0.15, -0.1) is 0 Å². The van der Waals surface area contributed by atoms with Gasteiger partial charge in [-0.2, -0.15) is 0 Å². The van der Waals surface area contributed by atoms with Crippen LogP contribution in [0.4, 0.5) is 10.1 Å². The SMILES string of the molecule is CCCN(CCC)C(=O)c1cccc(C(=O)Nc2ccc(F)cc2)n1. The average molecular weight is 343 g/mol. The number of benzene rings is 1. The molecule has 0 fully saturated rings. The molecule has 1 aromatic carbocycles. The van der Waals surface area contributed by atoms with E-state index >= 15 is 0 Å². The van der Waals surface area contributed by atoms with E-state index in [0.29, 0.717) is 18.8 Å². The molecule has 0 bridgehead atoms. The molecule has 1 aromatic heterocycles. The Morgan fingerprint density at radius 3 is 2.20 bits per heavy atom. The monoisotopic (exact) mass is 343 g/mol. The molecule has 0 unspecified atom stereocenters. The predicted octanol–water partition coefficient (Wildman–Crippen LogP) is 3.74. The molecule has 0 aliphatic carbocycles. The van der Waals surface area contributed by atoms with Crippen molar-refractivity contribution >= 4 is 17.5 Å². The van der Waals surface area contributed by atoms with Crippen LogP contribution in [-0.2, 0) is 0 Å². The number of rotatable bonds is 7. The van der Waals surface area contributed by atoms with E-state index in [9.17, 15) is 14.0 Å². The minimum atomic E-state index is -0.446. The van der Waals surface area contributed by atoms with Gasteiger partial charge >= 0.3 is 0 Å². The van der Waals surface area contributed by atoms with Crippen molar-refractivity contribution in [1.29, 1.82) is 0 Å². The van der Waals surface area contributed by atoms with Crippen LogP contribution in [0.1, 0.15) is 47.7 Å². The fourth-order valence-corrected chi connectivity index (χ4v) is 2.43. The van der Waals surface area contributed by atoms with Crippen LogP contribution >= 0.6 is 0 Å². The first-order valence-corrected chi connectivity index (χ1v) is 8.38. The summed E-state index contributed by atoms with van der Waals surface area (Å²) in [5.41, 5.74) is 0.848. The van der Waals surface area contributed by atoms with Crippen molar-refractivity contribution in [2.75, 3.05) is 18.4 Å².